The topological polar surface area (TPSA) is 97.9 Å². The van der Waals surface area contributed by atoms with Crippen molar-refractivity contribution in [3.8, 4) is 0 Å². The Morgan fingerprint density at radius 2 is 1.81 bits per heavy atom. The fourth-order valence-corrected chi connectivity index (χ4v) is 4.11. The third kappa shape index (κ3) is 4.77. The van der Waals surface area contributed by atoms with Crippen LogP contribution in [0.5, 0.6) is 0 Å². The van der Waals surface area contributed by atoms with Crippen LogP contribution in [-0.4, -0.2) is 26.7 Å². The molecule has 1 unspecified atom stereocenters. The van der Waals surface area contributed by atoms with E-state index in [0.29, 0.717) is 21.7 Å². The highest BCUT2D eigenvalue weighted by atomic mass is 35.5. The molecule has 1 amide bonds. The molecule has 0 radical (unpaired) electrons. The molecule has 0 N–H and O–H groups in total. The molecule has 36 heavy (non-hydrogen) atoms. The lowest BCUT2D eigenvalue weighted by atomic mass is 10.1. The van der Waals surface area contributed by atoms with E-state index in [1.807, 2.05) is 30.3 Å². The largest absolute Gasteiger partial charge is 0.446 e. The molecule has 10 heteroatoms. The maximum Gasteiger partial charge on any atom is 0.270 e. The molecule has 0 aliphatic carbocycles. The maximum atomic E-state index is 13.2. The van der Waals surface area contributed by atoms with Crippen molar-refractivity contribution in [2.75, 3.05) is 0 Å². The lowest BCUT2D eigenvalue weighted by Gasteiger charge is -2.20. The molecular formula is C26H16Cl2N4O4. The van der Waals surface area contributed by atoms with Crippen LogP contribution in [0.3, 0.4) is 0 Å². The van der Waals surface area contributed by atoms with Crippen LogP contribution >= 0.6 is 23.2 Å². The number of pyridine rings is 1. The maximum absolute atomic E-state index is 13.2. The number of nitro groups is 1. The first-order valence-corrected chi connectivity index (χ1v) is 11.5. The van der Waals surface area contributed by atoms with Gasteiger partial charge in [-0.25, -0.2) is 4.98 Å². The normalized spacial score (nSPS) is 15.2. The number of hydrogen-bond acceptors (Lipinski definition) is 6. The van der Waals surface area contributed by atoms with E-state index in [0.717, 1.165) is 16.0 Å². The van der Waals surface area contributed by atoms with Crippen LogP contribution in [0.2, 0.25) is 10.2 Å². The number of aromatic nitrogens is 1. The molecule has 5 rings (SSSR count). The summed E-state index contributed by atoms with van der Waals surface area (Å²) in [6.07, 6.45) is 1.97. The van der Waals surface area contributed by atoms with Gasteiger partial charge in [0.1, 0.15) is 5.15 Å². The molecule has 0 bridgehead atoms. The standard InChI is InChI=1S/C26H16Cl2N4O4/c27-19-6-3-4-16(14-19)8-13-23(33)31-26(21-15-18-5-1-2-7-22(18)29-24(21)28)36-25(30-31)17-9-11-20(12-10-17)32(34)35/h1-15,26H/b13-8+. The zero-order valence-corrected chi connectivity index (χ0v) is 19.9. The van der Waals surface area contributed by atoms with Crippen molar-refractivity contribution in [1.82, 2.24) is 9.99 Å². The minimum atomic E-state index is -1.00. The summed E-state index contributed by atoms with van der Waals surface area (Å²) >= 11 is 12.5. The van der Waals surface area contributed by atoms with E-state index in [2.05, 4.69) is 10.1 Å². The first-order valence-electron chi connectivity index (χ1n) is 10.7. The quantitative estimate of drug-likeness (QED) is 0.132. The predicted molar refractivity (Wildman–Crippen MR) is 138 cm³/mol. The highest BCUT2D eigenvalue weighted by Crippen LogP contribution is 2.35. The summed E-state index contributed by atoms with van der Waals surface area (Å²) in [7, 11) is 0. The van der Waals surface area contributed by atoms with Gasteiger partial charge in [0.25, 0.3) is 11.6 Å². The van der Waals surface area contributed by atoms with Crippen molar-refractivity contribution in [1.29, 1.82) is 0 Å². The van der Waals surface area contributed by atoms with Crippen molar-refractivity contribution in [3.05, 3.63) is 122 Å². The number of carbonyl (C=O) groups excluding carboxylic acids is 1. The number of benzene rings is 3. The van der Waals surface area contributed by atoms with Gasteiger partial charge in [-0.05, 0) is 48.0 Å². The SMILES string of the molecule is O=C(/C=C/c1cccc(Cl)c1)N1N=C(c2ccc([N+](=O)[O-])cc2)OC1c1cc2ccccc2nc1Cl. The Balaban J connectivity index is 1.53. The number of rotatable bonds is 5. The van der Waals surface area contributed by atoms with Crippen LogP contribution in [0.15, 0.2) is 90.0 Å². The molecule has 0 saturated carbocycles. The summed E-state index contributed by atoms with van der Waals surface area (Å²) < 4.78 is 6.07. The predicted octanol–water partition coefficient (Wildman–Crippen LogP) is 6.38. The molecule has 178 valence electrons. The van der Waals surface area contributed by atoms with Gasteiger partial charge in [0.15, 0.2) is 0 Å². The second-order valence-corrected chi connectivity index (χ2v) is 8.61. The molecule has 1 atom stereocenters. The zero-order chi connectivity index (χ0) is 25.2. The highest BCUT2D eigenvalue weighted by molar-refractivity contribution is 6.31. The fraction of sp³-hybridized carbons (Fsp3) is 0.0385. The molecule has 1 aliphatic heterocycles. The van der Waals surface area contributed by atoms with Crippen LogP contribution in [-0.2, 0) is 9.53 Å². The average Bonchev–Trinajstić information content (AvgIpc) is 3.32. The first kappa shape index (κ1) is 23.5. The van der Waals surface area contributed by atoms with Crippen LogP contribution in [0.25, 0.3) is 17.0 Å². The smallest absolute Gasteiger partial charge is 0.270 e. The average molecular weight is 519 g/mol. The lowest BCUT2D eigenvalue weighted by Crippen LogP contribution is -2.26. The molecule has 2 heterocycles. The van der Waals surface area contributed by atoms with Crippen molar-refractivity contribution in [2.24, 2.45) is 5.10 Å². The number of para-hydroxylation sites is 1. The van der Waals surface area contributed by atoms with Gasteiger partial charge in [0.2, 0.25) is 12.1 Å². The number of ether oxygens (including phenoxy) is 1. The summed E-state index contributed by atoms with van der Waals surface area (Å²) in [5.74, 6) is -0.357. The highest BCUT2D eigenvalue weighted by Gasteiger charge is 2.36. The number of non-ortho nitro benzene ring substituents is 1. The molecule has 1 aromatic heterocycles. The van der Waals surface area contributed by atoms with E-state index in [1.54, 1.807) is 30.3 Å². The van der Waals surface area contributed by atoms with Crippen LogP contribution < -0.4 is 0 Å². The molecule has 4 aromatic rings. The minimum absolute atomic E-state index is 0.0759. The Kier molecular flexibility index (Phi) is 6.37. The number of fused-ring (bicyclic) bond motifs is 1. The summed E-state index contributed by atoms with van der Waals surface area (Å²) in [6.45, 7) is 0. The monoisotopic (exact) mass is 518 g/mol. The van der Waals surface area contributed by atoms with Crippen molar-refractivity contribution < 1.29 is 14.5 Å². The number of hydrazone groups is 1. The van der Waals surface area contributed by atoms with E-state index in [1.165, 1.54) is 30.3 Å². The fourth-order valence-electron chi connectivity index (χ4n) is 3.68. The molecular weight excluding hydrogens is 503 g/mol. The number of amides is 1. The van der Waals surface area contributed by atoms with E-state index in [4.69, 9.17) is 27.9 Å². The summed E-state index contributed by atoms with van der Waals surface area (Å²) in [5, 5.41) is 18.1. The van der Waals surface area contributed by atoms with Gasteiger partial charge < -0.3 is 4.74 Å². The van der Waals surface area contributed by atoms with Crippen molar-refractivity contribution >= 4 is 57.7 Å². The Hall–Kier alpha value is -4.27. The number of nitrogens with zero attached hydrogens (tertiary/aromatic N) is 4. The van der Waals surface area contributed by atoms with Crippen LogP contribution in [0, 0.1) is 10.1 Å². The Bertz CT molecular complexity index is 1550. The molecule has 0 saturated heterocycles. The van der Waals surface area contributed by atoms with Gasteiger partial charge in [-0.15, -0.1) is 5.10 Å². The van der Waals surface area contributed by atoms with E-state index < -0.39 is 17.1 Å². The Labute approximate surface area is 215 Å². The molecule has 0 fully saturated rings. The molecule has 0 spiro atoms. The number of halogens is 2. The van der Waals surface area contributed by atoms with Crippen LogP contribution in [0.1, 0.15) is 22.9 Å². The van der Waals surface area contributed by atoms with E-state index in [9.17, 15) is 14.9 Å². The summed E-state index contributed by atoms with van der Waals surface area (Å²) in [5.41, 5.74) is 2.26. The van der Waals surface area contributed by atoms with Gasteiger partial charge in [0.05, 0.1) is 16.0 Å². The number of carbonyl (C=O) groups is 1. The third-order valence-corrected chi connectivity index (χ3v) is 5.97. The van der Waals surface area contributed by atoms with Gasteiger partial charge in [-0.1, -0.05) is 53.5 Å². The first-order chi connectivity index (χ1) is 17.4. The zero-order valence-electron chi connectivity index (χ0n) is 18.4. The lowest BCUT2D eigenvalue weighted by molar-refractivity contribution is -0.384. The minimum Gasteiger partial charge on any atom is -0.446 e. The summed E-state index contributed by atoms with van der Waals surface area (Å²) in [6, 6.07) is 21.9. The van der Waals surface area contributed by atoms with Crippen LogP contribution in [0.4, 0.5) is 5.69 Å². The second kappa shape index (κ2) is 9.77. The van der Waals surface area contributed by atoms with Gasteiger partial charge in [-0.3, -0.25) is 14.9 Å². The summed E-state index contributed by atoms with van der Waals surface area (Å²) in [4.78, 5) is 28.2. The van der Waals surface area contributed by atoms with E-state index >= 15 is 0 Å². The Morgan fingerprint density at radius 1 is 1.03 bits per heavy atom. The van der Waals surface area contributed by atoms with Crippen molar-refractivity contribution in [2.45, 2.75) is 6.23 Å². The van der Waals surface area contributed by atoms with Gasteiger partial charge >= 0.3 is 0 Å². The van der Waals surface area contributed by atoms with Gasteiger partial charge in [0, 0.05) is 34.2 Å². The second-order valence-electron chi connectivity index (χ2n) is 7.81. The van der Waals surface area contributed by atoms with Gasteiger partial charge in [-0.2, -0.15) is 5.01 Å². The number of hydrogen-bond donors (Lipinski definition) is 0. The third-order valence-electron chi connectivity index (χ3n) is 5.43. The molecule has 8 nitrogen and oxygen atoms in total. The Morgan fingerprint density at radius 3 is 2.56 bits per heavy atom. The van der Waals surface area contributed by atoms with Crippen molar-refractivity contribution in [3.63, 3.8) is 0 Å². The molecule has 1 aliphatic rings. The molecule has 3 aromatic carbocycles. The number of nitro benzene ring substituents is 1. The van der Waals surface area contributed by atoms with E-state index in [-0.39, 0.29) is 16.7 Å².